The maximum Gasteiger partial charge on any atom is 0.230 e. The Labute approximate surface area is 153 Å². The number of nitrogens with one attached hydrogen (secondary N) is 1. The molecule has 0 spiro atoms. The molecule has 1 aliphatic rings. The number of nitrogens with zero attached hydrogens (tertiary/aromatic N) is 2. The van der Waals surface area contributed by atoms with E-state index < -0.39 is 0 Å². The average molecular weight is 371 g/mol. The van der Waals surface area contributed by atoms with Gasteiger partial charge in [0.25, 0.3) is 0 Å². The van der Waals surface area contributed by atoms with Crippen LogP contribution in [0, 0.1) is 5.92 Å². The number of carbonyl (C=O) groups is 1. The summed E-state index contributed by atoms with van der Waals surface area (Å²) in [5.74, 6) is -0.0471. The quantitative estimate of drug-likeness (QED) is 0.543. The highest BCUT2D eigenvalue weighted by Gasteiger charge is 2.44. The lowest BCUT2D eigenvalue weighted by molar-refractivity contribution is -0.121. The predicted octanol–water partition coefficient (Wildman–Crippen LogP) is 3.82. The Kier molecular flexibility index (Phi) is 4.15. The highest BCUT2D eigenvalue weighted by molar-refractivity contribution is 7.22. The Morgan fingerprint density at radius 1 is 1.24 bits per heavy atom. The third-order valence-electron chi connectivity index (χ3n) is 4.18. The van der Waals surface area contributed by atoms with Crippen molar-refractivity contribution in [3.8, 4) is 0 Å². The maximum atomic E-state index is 12.3. The molecule has 0 saturated heterocycles. The third-order valence-corrected chi connectivity index (χ3v) is 5.46. The lowest BCUT2D eigenvalue weighted by Crippen LogP contribution is -2.37. The van der Waals surface area contributed by atoms with Crippen molar-refractivity contribution in [3.05, 3.63) is 59.1 Å². The molecule has 0 radical (unpaired) electrons. The van der Waals surface area contributed by atoms with E-state index in [1.165, 1.54) is 11.3 Å². The Hall–Kier alpha value is -2.44. The lowest BCUT2D eigenvalue weighted by atomic mass is 10.1. The second-order valence-corrected chi connectivity index (χ2v) is 7.34. The summed E-state index contributed by atoms with van der Waals surface area (Å²) in [7, 11) is 0. The highest BCUT2D eigenvalue weighted by atomic mass is 35.5. The van der Waals surface area contributed by atoms with Gasteiger partial charge < -0.3 is 5.73 Å². The van der Waals surface area contributed by atoms with Crippen molar-refractivity contribution in [1.82, 2.24) is 10.3 Å². The molecule has 25 heavy (non-hydrogen) atoms. The molecule has 1 aromatic heterocycles. The highest BCUT2D eigenvalue weighted by Crippen LogP contribution is 2.49. The number of aliphatic imine (C=N–C) groups is 1. The second-order valence-electron chi connectivity index (χ2n) is 5.92. The van der Waals surface area contributed by atoms with Gasteiger partial charge in [-0.05, 0) is 36.1 Å². The fourth-order valence-electron chi connectivity index (χ4n) is 2.86. The van der Waals surface area contributed by atoms with Crippen molar-refractivity contribution in [2.45, 2.75) is 12.3 Å². The first-order chi connectivity index (χ1) is 12.1. The SMILES string of the molecule is N/C(=N\c1nc2ccccc2s1)NC(=O)[C@H]1C[C@@H]1c1ccccc1Cl. The van der Waals surface area contributed by atoms with Gasteiger partial charge in [-0.25, -0.2) is 4.98 Å². The Morgan fingerprint density at radius 2 is 2.00 bits per heavy atom. The zero-order chi connectivity index (χ0) is 17.4. The summed E-state index contributed by atoms with van der Waals surface area (Å²) in [4.78, 5) is 20.9. The predicted molar refractivity (Wildman–Crippen MR) is 101 cm³/mol. The molecule has 1 saturated carbocycles. The summed E-state index contributed by atoms with van der Waals surface area (Å²) in [6.45, 7) is 0. The zero-order valence-electron chi connectivity index (χ0n) is 13.1. The van der Waals surface area contributed by atoms with Crippen LogP contribution in [0.4, 0.5) is 5.13 Å². The van der Waals surface area contributed by atoms with Crippen molar-refractivity contribution in [2.24, 2.45) is 16.6 Å². The van der Waals surface area contributed by atoms with Crippen LogP contribution in [0.2, 0.25) is 5.02 Å². The lowest BCUT2D eigenvalue weighted by Gasteiger charge is -2.04. The number of carbonyl (C=O) groups excluding carboxylic acids is 1. The van der Waals surface area contributed by atoms with E-state index in [4.69, 9.17) is 17.3 Å². The number of para-hydroxylation sites is 1. The molecule has 0 bridgehead atoms. The number of guanidine groups is 1. The first-order valence-electron chi connectivity index (χ1n) is 7.87. The molecule has 1 aliphatic carbocycles. The van der Waals surface area contributed by atoms with E-state index in [2.05, 4.69) is 15.3 Å². The molecule has 0 unspecified atom stereocenters. The molecular weight excluding hydrogens is 356 g/mol. The van der Waals surface area contributed by atoms with Crippen LogP contribution in [0.1, 0.15) is 17.9 Å². The maximum absolute atomic E-state index is 12.3. The number of hydrogen-bond acceptors (Lipinski definition) is 4. The molecule has 5 nitrogen and oxygen atoms in total. The van der Waals surface area contributed by atoms with Crippen LogP contribution in [0.25, 0.3) is 10.2 Å². The monoisotopic (exact) mass is 370 g/mol. The van der Waals surface area contributed by atoms with Crippen LogP contribution in [-0.4, -0.2) is 16.9 Å². The van der Waals surface area contributed by atoms with Crippen molar-refractivity contribution in [2.75, 3.05) is 0 Å². The normalized spacial score (nSPS) is 19.8. The van der Waals surface area contributed by atoms with Gasteiger partial charge in [0.05, 0.1) is 10.2 Å². The Balaban J connectivity index is 1.43. The molecule has 126 valence electrons. The second kappa shape index (κ2) is 6.46. The summed E-state index contributed by atoms with van der Waals surface area (Å²) in [6.07, 6.45) is 0.768. The van der Waals surface area contributed by atoms with E-state index in [-0.39, 0.29) is 23.7 Å². The largest absolute Gasteiger partial charge is 0.369 e. The number of rotatable bonds is 3. The first-order valence-corrected chi connectivity index (χ1v) is 9.06. The fraction of sp³-hybridized carbons (Fsp3) is 0.167. The number of thiazole rings is 1. The average Bonchev–Trinajstić information content (AvgIpc) is 3.28. The van der Waals surface area contributed by atoms with Crippen molar-refractivity contribution < 1.29 is 4.79 Å². The van der Waals surface area contributed by atoms with Gasteiger partial charge in [0.15, 0.2) is 0 Å². The smallest absolute Gasteiger partial charge is 0.230 e. The van der Waals surface area contributed by atoms with E-state index in [0.717, 1.165) is 22.2 Å². The minimum Gasteiger partial charge on any atom is -0.369 e. The van der Waals surface area contributed by atoms with Crippen molar-refractivity contribution in [1.29, 1.82) is 0 Å². The number of halogens is 1. The van der Waals surface area contributed by atoms with Crippen LogP contribution in [-0.2, 0) is 4.79 Å². The van der Waals surface area contributed by atoms with Crippen molar-refractivity contribution >= 4 is 50.2 Å². The van der Waals surface area contributed by atoms with E-state index >= 15 is 0 Å². The molecule has 7 heteroatoms. The van der Waals surface area contributed by atoms with Gasteiger partial charge in [-0.3, -0.25) is 10.1 Å². The van der Waals surface area contributed by atoms with Crippen molar-refractivity contribution in [3.63, 3.8) is 0 Å². The van der Waals surface area contributed by atoms with Gasteiger partial charge in [-0.1, -0.05) is 53.3 Å². The number of aromatic nitrogens is 1. The van der Waals surface area contributed by atoms with E-state index in [9.17, 15) is 4.79 Å². The van der Waals surface area contributed by atoms with Crippen LogP contribution < -0.4 is 11.1 Å². The van der Waals surface area contributed by atoms with Gasteiger partial charge in [0, 0.05) is 10.9 Å². The number of fused-ring (bicyclic) bond motifs is 1. The summed E-state index contributed by atoms with van der Waals surface area (Å²) < 4.78 is 1.03. The Bertz CT molecular complexity index is 951. The van der Waals surface area contributed by atoms with E-state index in [0.29, 0.717) is 10.2 Å². The van der Waals surface area contributed by atoms with Gasteiger partial charge in [0.2, 0.25) is 17.0 Å². The molecule has 2 atom stereocenters. The van der Waals surface area contributed by atoms with E-state index in [1.54, 1.807) is 0 Å². The fourth-order valence-corrected chi connectivity index (χ4v) is 3.99. The molecule has 1 fully saturated rings. The molecule has 1 amide bonds. The topological polar surface area (TPSA) is 80.4 Å². The van der Waals surface area contributed by atoms with Gasteiger partial charge in [-0.15, -0.1) is 0 Å². The van der Waals surface area contributed by atoms with Crippen LogP contribution in [0.3, 0.4) is 0 Å². The van der Waals surface area contributed by atoms with Crippen LogP contribution >= 0.6 is 22.9 Å². The van der Waals surface area contributed by atoms with E-state index in [1.807, 2.05) is 48.5 Å². The first kappa shape index (κ1) is 16.1. The molecule has 4 rings (SSSR count). The molecule has 2 aromatic carbocycles. The Morgan fingerprint density at radius 3 is 2.80 bits per heavy atom. The summed E-state index contributed by atoms with van der Waals surface area (Å²) in [5.41, 5.74) is 7.74. The minimum absolute atomic E-state index is 0.0638. The molecule has 0 aliphatic heterocycles. The number of nitrogens with two attached hydrogens (primary N) is 1. The van der Waals surface area contributed by atoms with Gasteiger partial charge >= 0.3 is 0 Å². The van der Waals surface area contributed by atoms with Gasteiger partial charge in [-0.2, -0.15) is 4.99 Å². The molecule has 3 aromatic rings. The minimum atomic E-state index is -0.132. The summed E-state index contributed by atoms with van der Waals surface area (Å²) >= 11 is 7.62. The molecular formula is C18H15ClN4OS. The summed E-state index contributed by atoms with van der Waals surface area (Å²) in [5, 5.41) is 3.89. The van der Waals surface area contributed by atoms with Crippen LogP contribution in [0.5, 0.6) is 0 Å². The number of hydrogen-bond donors (Lipinski definition) is 2. The molecule has 3 N–H and O–H groups in total. The molecule has 1 heterocycles. The number of amides is 1. The van der Waals surface area contributed by atoms with Gasteiger partial charge in [0.1, 0.15) is 0 Å². The number of benzene rings is 2. The zero-order valence-corrected chi connectivity index (χ0v) is 14.7. The third kappa shape index (κ3) is 3.36. The standard InChI is InChI=1S/C18H15ClN4OS/c19-13-6-2-1-5-10(13)11-9-12(11)16(24)22-17(20)23-18-21-14-7-3-4-8-15(14)25-18/h1-8,11-12H,9H2,(H3,20,21,22,23,24)/t11-,12+/m1/s1. The summed E-state index contributed by atoms with van der Waals surface area (Å²) in [6, 6.07) is 15.4. The van der Waals surface area contributed by atoms with Crippen LogP contribution in [0.15, 0.2) is 53.5 Å².